The Morgan fingerprint density at radius 2 is 1.95 bits per heavy atom. The van der Waals surface area contributed by atoms with Gasteiger partial charge in [-0.1, -0.05) is 19.9 Å². The third-order valence-electron chi connectivity index (χ3n) is 3.16. The van der Waals surface area contributed by atoms with Gasteiger partial charge in [0.15, 0.2) is 0 Å². The minimum Gasteiger partial charge on any atom is -0.310 e. The average Bonchev–Trinajstić information content (AvgIpc) is 2.64. The van der Waals surface area contributed by atoms with Gasteiger partial charge in [-0.3, -0.25) is 0 Å². The zero-order valence-electron chi connectivity index (χ0n) is 12.2. The zero-order chi connectivity index (χ0) is 14.9. The van der Waals surface area contributed by atoms with E-state index in [2.05, 4.69) is 81.2 Å². The van der Waals surface area contributed by atoms with Crippen LogP contribution in [0, 0.1) is 13.8 Å². The van der Waals surface area contributed by atoms with E-state index in [0.29, 0.717) is 6.04 Å². The molecule has 0 amide bonds. The first-order valence-corrected chi connectivity index (χ1v) is 8.22. The summed E-state index contributed by atoms with van der Waals surface area (Å²) < 4.78 is 4.08. The Labute approximate surface area is 137 Å². The first-order chi connectivity index (χ1) is 9.40. The van der Waals surface area contributed by atoms with Gasteiger partial charge >= 0.3 is 0 Å². The second-order valence-corrected chi connectivity index (χ2v) is 6.87. The largest absolute Gasteiger partial charge is 0.310 e. The molecular weight excluding hydrogens is 382 g/mol. The molecule has 1 N–H and O–H groups in total. The molecule has 0 fully saturated rings. The van der Waals surface area contributed by atoms with Crippen molar-refractivity contribution in [2.24, 2.45) is 0 Å². The standard InChI is InChI=1S/C15H19Br2N3/c1-9(2)18-8-12-5-6-14(13(16)7-12)20-11(4)15(17)10(3)19-20/h5-7,9,18H,8H2,1-4H3. The topological polar surface area (TPSA) is 29.9 Å². The molecule has 2 aromatic rings. The van der Waals surface area contributed by atoms with E-state index in [9.17, 15) is 0 Å². The van der Waals surface area contributed by atoms with Crippen LogP contribution < -0.4 is 5.32 Å². The number of hydrogen-bond acceptors (Lipinski definition) is 2. The summed E-state index contributed by atoms with van der Waals surface area (Å²) in [4.78, 5) is 0. The number of aromatic nitrogens is 2. The molecule has 20 heavy (non-hydrogen) atoms. The highest BCUT2D eigenvalue weighted by atomic mass is 79.9. The van der Waals surface area contributed by atoms with Crippen molar-refractivity contribution in [2.75, 3.05) is 0 Å². The van der Waals surface area contributed by atoms with E-state index in [-0.39, 0.29) is 0 Å². The average molecular weight is 401 g/mol. The smallest absolute Gasteiger partial charge is 0.0791 e. The predicted molar refractivity (Wildman–Crippen MR) is 90.4 cm³/mol. The SMILES string of the molecule is Cc1nn(-c2ccc(CNC(C)C)cc2Br)c(C)c1Br. The number of benzene rings is 1. The van der Waals surface area contributed by atoms with Gasteiger partial charge in [-0.2, -0.15) is 5.10 Å². The van der Waals surface area contributed by atoms with Gasteiger partial charge in [-0.25, -0.2) is 4.68 Å². The summed E-state index contributed by atoms with van der Waals surface area (Å²) in [5.74, 6) is 0. The van der Waals surface area contributed by atoms with Crippen LogP contribution in [-0.2, 0) is 6.54 Å². The fourth-order valence-corrected chi connectivity index (χ4v) is 2.85. The van der Waals surface area contributed by atoms with Crippen LogP contribution in [0.25, 0.3) is 5.69 Å². The first-order valence-electron chi connectivity index (χ1n) is 6.64. The van der Waals surface area contributed by atoms with Crippen molar-refractivity contribution in [3.8, 4) is 5.69 Å². The molecule has 2 rings (SSSR count). The first kappa shape index (κ1) is 15.7. The van der Waals surface area contributed by atoms with E-state index >= 15 is 0 Å². The maximum atomic E-state index is 4.57. The van der Waals surface area contributed by atoms with Gasteiger partial charge in [0.2, 0.25) is 0 Å². The lowest BCUT2D eigenvalue weighted by Crippen LogP contribution is -2.21. The van der Waals surface area contributed by atoms with Crippen molar-refractivity contribution in [3.63, 3.8) is 0 Å². The molecule has 5 heteroatoms. The number of nitrogens with zero attached hydrogens (tertiary/aromatic N) is 2. The van der Waals surface area contributed by atoms with Crippen molar-refractivity contribution in [1.29, 1.82) is 0 Å². The van der Waals surface area contributed by atoms with Crippen molar-refractivity contribution >= 4 is 31.9 Å². The lowest BCUT2D eigenvalue weighted by molar-refractivity contribution is 0.588. The van der Waals surface area contributed by atoms with Crippen LogP contribution >= 0.6 is 31.9 Å². The minimum atomic E-state index is 0.486. The molecule has 0 spiro atoms. The molecule has 0 aliphatic carbocycles. The van der Waals surface area contributed by atoms with Crippen LogP contribution in [0.4, 0.5) is 0 Å². The van der Waals surface area contributed by atoms with E-state index < -0.39 is 0 Å². The van der Waals surface area contributed by atoms with Gasteiger partial charge in [0, 0.05) is 17.1 Å². The molecular formula is C15H19Br2N3. The fraction of sp³-hybridized carbons (Fsp3) is 0.400. The maximum absolute atomic E-state index is 4.57. The predicted octanol–water partition coefficient (Wildman–Crippen LogP) is 4.51. The summed E-state index contributed by atoms with van der Waals surface area (Å²) in [7, 11) is 0. The van der Waals surface area contributed by atoms with Crippen LogP contribution in [0.15, 0.2) is 27.1 Å². The highest BCUT2D eigenvalue weighted by Gasteiger charge is 2.12. The molecule has 0 unspecified atom stereocenters. The lowest BCUT2D eigenvalue weighted by atomic mass is 10.2. The molecule has 0 aliphatic heterocycles. The van der Waals surface area contributed by atoms with Crippen LogP contribution in [0.5, 0.6) is 0 Å². The van der Waals surface area contributed by atoms with Gasteiger partial charge in [0.1, 0.15) is 0 Å². The Balaban J connectivity index is 2.32. The Bertz CT molecular complexity index is 618. The van der Waals surface area contributed by atoms with Crippen LogP contribution in [0.3, 0.4) is 0 Å². The summed E-state index contributed by atoms with van der Waals surface area (Å²) in [6.45, 7) is 9.23. The van der Waals surface area contributed by atoms with Crippen molar-refractivity contribution < 1.29 is 0 Å². The number of hydrogen-bond donors (Lipinski definition) is 1. The van der Waals surface area contributed by atoms with Gasteiger partial charge in [0.05, 0.1) is 21.5 Å². The molecule has 0 saturated carbocycles. The Kier molecular flexibility index (Phi) is 5.04. The second-order valence-electron chi connectivity index (χ2n) is 5.22. The molecule has 0 radical (unpaired) electrons. The number of nitrogens with one attached hydrogen (secondary N) is 1. The summed E-state index contributed by atoms with van der Waals surface area (Å²) in [6, 6.07) is 6.88. The summed E-state index contributed by atoms with van der Waals surface area (Å²) in [5.41, 5.74) is 4.43. The normalized spacial score (nSPS) is 11.3. The molecule has 108 valence electrons. The Hall–Kier alpha value is -0.650. The molecule has 3 nitrogen and oxygen atoms in total. The number of aryl methyl sites for hydroxylation is 1. The van der Waals surface area contributed by atoms with E-state index in [1.807, 2.05) is 11.6 Å². The molecule has 1 aromatic carbocycles. The second kappa shape index (κ2) is 6.41. The van der Waals surface area contributed by atoms with Gasteiger partial charge < -0.3 is 5.32 Å². The Morgan fingerprint density at radius 1 is 1.25 bits per heavy atom. The van der Waals surface area contributed by atoms with E-state index in [4.69, 9.17) is 0 Å². The molecule has 1 heterocycles. The number of halogens is 2. The highest BCUT2D eigenvalue weighted by Crippen LogP contribution is 2.27. The van der Waals surface area contributed by atoms with Crippen molar-refractivity contribution in [3.05, 3.63) is 44.1 Å². The molecule has 0 atom stereocenters. The lowest BCUT2D eigenvalue weighted by Gasteiger charge is -2.11. The molecule has 0 saturated heterocycles. The van der Waals surface area contributed by atoms with E-state index in [1.54, 1.807) is 0 Å². The molecule has 0 bridgehead atoms. The zero-order valence-corrected chi connectivity index (χ0v) is 15.3. The Morgan fingerprint density at radius 3 is 2.45 bits per heavy atom. The third-order valence-corrected chi connectivity index (χ3v) is 4.94. The van der Waals surface area contributed by atoms with Crippen LogP contribution in [-0.4, -0.2) is 15.8 Å². The molecule has 0 aliphatic rings. The quantitative estimate of drug-likeness (QED) is 0.817. The third kappa shape index (κ3) is 3.32. The maximum Gasteiger partial charge on any atom is 0.0791 e. The van der Waals surface area contributed by atoms with Gasteiger partial charge in [0.25, 0.3) is 0 Å². The molecule has 1 aromatic heterocycles. The van der Waals surface area contributed by atoms with Crippen molar-refractivity contribution in [2.45, 2.75) is 40.3 Å². The van der Waals surface area contributed by atoms with Gasteiger partial charge in [-0.05, 0) is 63.4 Å². The highest BCUT2D eigenvalue weighted by molar-refractivity contribution is 9.11. The fourth-order valence-electron chi connectivity index (χ4n) is 2.01. The van der Waals surface area contributed by atoms with E-state index in [1.165, 1.54) is 5.56 Å². The van der Waals surface area contributed by atoms with Crippen molar-refractivity contribution in [1.82, 2.24) is 15.1 Å². The van der Waals surface area contributed by atoms with Crippen LogP contribution in [0.2, 0.25) is 0 Å². The summed E-state index contributed by atoms with van der Waals surface area (Å²) >= 11 is 7.22. The van der Waals surface area contributed by atoms with E-state index in [0.717, 1.165) is 32.6 Å². The van der Waals surface area contributed by atoms with Crippen LogP contribution in [0.1, 0.15) is 30.8 Å². The monoisotopic (exact) mass is 399 g/mol. The summed E-state index contributed by atoms with van der Waals surface area (Å²) in [6.07, 6.45) is 0. The number of rotatable bonds is 4. The van der Waals surface area contributed by atoms with Gasteiger partial charge in [-0.15, -0.1) is 0 Å². The summed E-state index contributed by atoms with van der Waals surface area (Å²) in [5, 5.41) is 7.99. The minimum absolute atomic E-state index is 0.486.